The van der Waals surface area contributed by atoms with Gasteiger partial charge in [-0.05, 0) is 26.2 Å². The molecule has 0 aromatic heterocycles. The van der Waals surface area contributed by atoms with Crippen molar-refractivity contribution in [3.63, 3.8) is 0 Å². The van der Waals surface area contributed by atoms with Crippen LogP contribution >= 0.6 is 0 Å². The molecular weight excluding hydrogens is 300 g/mol. The van der Waals surface area contributed by atoms with Gasteiger partial charge in [0.2, 0.25) is 0 Å². The van der Waals surface area contributed by atoms with Crippen LogP contribution in [0.4, 0.5) is 0 Å². The number of hydrogen-bond acceptors (Lipinski definition) is 4. The molecule has 1 aliphatic heterocycles. The lowest BCUT2D eigenvalue weighted by Crippen LogP contribution is -2.54. The van der Waals surface area contributed by atoms with Crippen molar-refractivity contribution in [3.8, 4) is 0 Å². The summed E-state index contributed by atoms with van der Waals surface area (Å²) in [6, 6.07) is 0.0304. The van der Waals surface area contributed by atoms with E-state index in [0.717, 1.165) is 32.1 Å². The first kappa shape index (κ1) is 16.2. The zero-order valence-electron chi connectivity index (χ0n) is 12.1. The third-order valence-electron chi connectivity index (χ3n) is 4.35. The van der Waals surface area contributed by atoms with Crippen molar-refractivity contribution in [2.24, 2.45) is 0 Å². The number of sulfone groups is 1. The van der Waals surface area contributed by atoms with Crippen LogP contribution in [0.2, 0.25) is 0 Å². The van der Waals surface area contributed by atoms with E-state index < -0.39 is 25.6 Å². The van der Waals surface area contributed by atoms with Gasteiger partial charge in [-0.2, -0.15) is 17.4 Å². The maximum Gasteiger partial charge on any atom is 0.279 e. The zero-order valence-corrected chi connectivity index (χ0v) is 13.8. The van der Waals surface area contributed by atoms with Crippen LogP contribution in [0.1, 0.15) is 45.4 Å². The van der Waals surface area contributed by atoms with Crippen LogP contribution in [-0.4, -0.2) is 51.3 Å². The van der Waals surface area contributed by atoms with Crippen molar-refractivity contribution >= 4 is 20.0 Å². The normalized spacial score (nSPS) is 31.8. The van der Waals surface area contributed by atoms with E-state index >= 15 is 0 Å². The number of nitrogens with one attached hydrogen (secondary N) is 1. The highest BCUT2D eigenvalue weighted by molar-refractivity contribution is 7.92. The molecule has 0 bridgehead atoms. The minimum absolute atomic E-state index is 0.0304. The van der Waals surface area contributed by atoms with Gasteiger partial charge in [0.25, 0.3) is 10.2 Å². The number of hydrogen-bond donors (Lipinski definition) is 1. The Bertz CT molecular complexity index is 552. The van der Waals surface area contributed by atoms with Crippen molar-refractivity contribution in [1.82, 2.24) is 9.03 Å². The molecule has 0 amide bonds. The molecule has 0 aromatic carbocycles. The summed E-state index contributed by atoms with van der Waals surface area (Å²) < 4.78 is 51.9. The first-order chi connectivity index (χ1) is 9.14. The molecule has 118 valence electrons. The lowest BCUT2D eigenvalue weighted by Gasteiger charge is -2.33. The van der Waals surface area contributed by atoms with Crippen LogP contribution in [0.15, 0.2) is 0 Å². The highest BCUT2D eigenvalue weighted by Crippen LogP contribution is 2.27. The number of rotatable bonds is 4. The third-order valence-corrected chi connectivity index (χ3v) is 8.06. The Morgan fingerprint density at radius 1 is 1.20 bits per heavy atom. The van der Waals surface area contributed by atoms with Crippen LogP contribution < -0.4 is 4.72 Å². The second kappa shape index (κ2) is 5.55. The molecule has 20 heavy (non-hydrogen) atoms. The third kappa shape index (κ3) is 3.72. The van der Waals surface area contributed by atoms with Crippen molar-refractivity contribution in [3.05, 3.63) is 0 Å². The van der Waals surface area contributed by atoms with Gasteiger partial charge in [0.1, 0.15) is 0 Å². The summed E-state index contributed by atoms with van der Waals surface area (Å²) in [7, 11) is -5.17. The fraction of sp³-hybridized carbons (Fsp3) is 1.00. The van der Waals surface area contributed by atoms with Gasteiger partial charge in [-0.15, -0.1) is 0 Å². The van der Waals surface area contributed by atoms with Gasteiger partial charge in [-0.1, -0.05) is 19.3 Å². The summed E-state index contributed by atoms with van der Waals surface area (Å²) in [5.41, 5.74) is -0.874. The van der Waals surface area contributed by atoms with Crippen LogP contribution in [0.3, 0.4) is 0 Å². The Hall–Kier alpha value is -0.180. The molecule has 2 fully saturated rings. The molecule has 1 N–H and O–H groups in total. The van der Waals surface area contributed by atoms with Gasteiger partial charge < -0.3 is 0 Å². The second-order valence-corrected chi connectivity index (χ2v) is 10.2. The monoisotopic (exact) mass is 324 g/mol. The highest BCUT2D eigenvalue weighted by Gasteiger charge is 2.42. The van der Waals surface area contributed by atoms with Crippen molar-refractivity contribution in [2.45, 2.75) is 57.0 Å². The molecule has 2 aliphatic rings. The maximum absolute atomic E-state index is 12.4. The second-order valence-electron chi connectivity index (χ2n) is 6.32. The first-order valence-electron chi connectivity index (χ1n) is 7.11. The first-order valence-corrected chi connectivity index (χ1v) is 10.4. The van der Waals surface area contributed by atoms with E-state index in [9.17, 15) is 16.8 Å². The Balaban J connectivity index is 2.07. The van der Waals surface area contributed by atoms with Gasteiger partial charge in [-0.3, -0.25) is 0 Å². The van der Waals surface area contributed by atoms with E-state index in [2.05, 4.69) is 4.72 Å². The molecule has 1 aliphatic carbocycles. The van der Waals surface area contributed by atoms with Crippen LogP contribution in [0, 0.1) is 0 Å². The molecule has 8 heteroatoms. The molecule has 1 unspecified atom stereocenters. The summed E-state index contributed by atoms with van der Waals surface area (Å²) in [6.07, 6.45) is 5.37. The van der Waals surface area contributed by atoms with Crippen LogP contribution in [0.5, 0.6) is 0 Å². The Labute approximate surface area is 122 Å². The van der Waals surface area contributed by atoms with E-state index in [0.29, 0.717) is 6.42 Å². The van der Waals surface area contributed by atoms with E-state index in [-0.39, 0.29) is 17.5 Å². The minimum Gasteiger partial charge on any atom is -0.229 e. The van der Waals surface area contributed by atoms with Crippen LogP contribution in [-0.2, 0) is 20.0 Å². The van der Waals surface area contributed by atoms with E-state index in [1.165, 1.54) is 4.31 Å². The largest absolute Gasteiger partial charge is 0.279 e. The molecule has 0 aromatic rings. The molecule has 1 atom stereocenters. The summed E-state index contributed by atoms with van der Waals surface area (Å²) >= 11 is 0. The van der Waals surface area contributed by atoms with Gasteiger partial charge in [0.05, 0.1) is 11.5 Å². The Morgan fingerprint density at radius 2 is 1.80 bits per heavy atom. The zero-order chi connectivity index (χ0) is 15.0. The average Bonchev–Trinajstić information content (AvgIpc) is 2.62. The fourth-order valence-corrected chi connectivity index (χ4v) is 6.84. The number of nitrogens with zero attached hydrogens (tertiary/aromatic N) is 1. The van der Waals surface area contributed by atoms with Crippen molar-refractivity contribution < 1.29 is 16.8 Å². The molecule has 1 saturated carbocycles. The Morgan fingerprint density at radius 3 is 2.30 bits per heavy atom. The lowest BCUT2D eigenvalue weighted by molar-refractivity contribution is 0.278. The smallest absolute Gasteiger partial charge is 0.229 e. The highest BCUT2D eigenvalue weighted by atomic mass is 32.2. The standard InChI is InChI=1S/C12H24N2O4S2/c1-12(8-9-19(15,16)10-12)13-20(17,18)14(2)11-6-4-3-5-7-11/h11,13H,3-10H2,1-2H3. The SMILES string of the molecule is CN(C1CCCCC1)S(=O)(=O)NC1(C)CCS(=O)(=O)C1. The maximum atomic E-state index is 12.4. The van der Waals surface area contributed by atoms with E-state index in [1.54, 1.807) is 14.0 Å². The Kier molecular flexibility index (Phi) is 4.49. The molecule has 1 heterocycles. The summed E-state index contributed by atoms with van der Waals surface area (Å²) in [5.74, 6) is -0.0586. The predicted octanol–water partition coefficient (Wildman–Crippen LogP) is 0.663. The molecule has 0 spiro atoms. The average molecular weight is 324 g/mol. The topological polar surface area (TPSA) is 83.6 Å². The summed E-state index contributed by atoms with van der Waals surface area (Å²) in [5, 5.41) is 0. The molecular formula is C12H24N2O4S2. The summed E-state index contributed by atoms with van der Waals surface area (Å²) in [6.45, 7) is 1.67. The quantitative estimate of drug-likeness (QED) is 0.823. The van der Waals surface area contributed by atoms with Crippen molar-refractivity contribution in [2.75, 3.05) is 18.6 Å². The fourth-order valence-electron chi connectivity index (χ4n) is 3.12. The van der Waals surface area contributed by atoms with E-state index in [4.69, 9.17) is 0 Å². The molecule has 0 radical (unpaired) electrons. The minimum atomic E-state index is -3.63. The molecule has 1 saturated heterocycles. The molecule has 2 rings (SSSR count). The predicted molar refractivity (Wildman–Crippen MR) is 78.4 cm³/mol. The molecule has 6 nitrogen and oxygen atoms in total. The van der Waals surface area contributed by atoms with Gasteiger partial charge >= 0.3 is 0 Å². The van der Waals surface area contributed by atoms with Gasteiger partial charge in [0, 0.05) is 18.6 Å². The van der Waals surface area contributed by atoms with Crippen LogP contribution in [0.25, 0.3) is 0 Å². The lowest BCUT2D eigenvalue weighted by atomic mass is 9.96. The van der Waals surface area contributed by atoms with Gasteiger partial charge in [-0.25, -0.2) is 8.42 Å². The van der Waals surface area contributed by atoms with E-state index in [1.807, 2.05) is 0 Å². The van der Waals surface area contributed by atoms with Crippen molar-refractivity contribution in [1.29, 1.82) is 0 Å². The van der Waals surface area contributed by atoms with Gasteiger partial charge in [0.15, 0.2) is 9.84 Å². The summed E-state index contributed by atoms with van der Waals surface area (Å²) in [4.78, 5) is 0.